The minimum atomic E-state index is -0.920. The standard InChI is InChI=1S/C15H10FNO3/c16-13-7-11(9-17)3-6-14(13)20-12-4-1-10(2-5-12)8-15(18)19/h1-7H,8H2,(H,18,19). The minimum Gasteiger partial charge on any atom is -0.481 e. The molecule has 5 heteroatoms. The van der Waals surface area contributed by atoms with Crippen LogP contribution in [-0.2, 0) is 11.2 Å². The molecule has 0 aliphatic heterocycles. The van der Waals surface area contributed by atoms with Crippen LogP contribution in [0.5, 0.6) is 11.5 Å². The first-order chi connectivity index (χ1) is 9.58. The van der Waals surface area contributed by atoms with Gasteiger partial charge in [-0.05, 0) is 35.9 Å². The van der Waals surface area contributed by atoms with E-state index < -0.39 is 11.8 Å². The maximum absolute atomic E-state index is 13.6. The van der Waals surface area contributed by atoms with Gasteiger partial charge in [-0.2, -0.15) is 5.26 Å². The number of benzene rings is 2. The quantitative estimate of drug-likeness (QED) is 0.927. The zero-order chi connectivity index (χ0) is 14.5. The molecule has 0 saturated heterocycles. The summed E-state index contributed by atoms with van der Waals surface area (Å²) in [6.45, 7) is 0. The van der Waals surface area contributed by atoms with Crippen molar-refractivity contribution in [1.82, 2.24) is 0 Å². The molecule has 0 amide bonds. The topological polar surface area (TPSA) is 70.3 Å². The third kappa shape index (κ3) is 3.33. The number of carbonyl (C=O) groups is 1. The lowest BCUT2D eigenvalue weighted by Gasteiger charge is -2.07. The fourth-order valence-corrected chi connectivity index (χ4v) is 1.63. The molecule has 20 heavy (non-hydrogen) atoms. The van der Waals surface area contributed by atoms with Crippen molar-refractivity contribution in [3.05, 3.63) is 59.4 Å². The van der Waals surface area contributed by atoms with Crippen LogP contribution in [-0.4, -0.2) is 11.1 Å². The number of carboxylic acid groups (broad SMARTS) is 1. The van der Waals surface area contributed by atoms with E-state index in [4.69, 9.17) is 15.1 Å². The van der Waals surface area contributed by atoms with Crippen LogP contribution in [0.1, 0.15) is 11.1 Å². The highest BCUT2D eigenvalue weighted by atomic mass is 19.1. The lowest BCUT2D eigenvalue weighted by Crippen LogP contribution is -1.99. The van der Waals surface area contributed by atoms with Gasteiger partial charge in [0.1, 0.15) is 5.75 Å². The highest BCUT2D eigenvalue weighted by Gasteiger charge is 2.06. The van der Waals surface area contributed by atoms with Crippen molar-refractivity contribution in [3.8, 4) is 17.6 Å². The lowest BCUT2D eigenvalue weighted by atomic mass is 10.1. The van der Waals surface area contributed by atoms with E-state index in [0.717, 1.165) is 6.07 Å². The van der Waals surface area contributed by atoms with E-state index in [9.17, 15) is 9.18 Å². The van der Waals surface area contributed by atoms with Crippen molar-refractivity contribution in [1.29, 1.82) is 5.26 Å². The third-order valence-electron chi connectivity index (χ3n) is 2.57. The molecule has 1 N–H and O–H groups in total. The molecule has 2 aromatic rings. The van der Waals surface area contributed by atoms with Crippen LogP contribution >= 0.6 is 0 Å². The van der Waals surface area contributed by atoms with Crippen molar-refractivity contribution >= 4 is 5.97 Å². The smallest absolute Gasteiger partial charge is 0.307 e. The van der Waals surface area contributed by atoms with Crippen LogP contribution in [0, 0.1) is 17.1 Å². The van der Waals surface area contributed by atoms with Crippen molar-refractivity contribution in [2.75, 3.05) is 0 Å². The Morgan fingerprint density at radius 2 is 1.95 bits per heavy atom. The first kappa shape index (κ1) is 13.6. The van der Waals surface area contributed by atoms with Crippen LogP contribution in [0.15, 0.2) is 42.5 Å². The highest BCUT2D eigenvalue weighted by molar-refractivity contribution is 5.70. The number of hydrogen-bond acceptors (Lipinski definition) is 3. The largest absolute Gasteiger partial charge is 0.481 e. The third-order valence-corrected chi connectivity index (χ3v) is 2.57. The van der Waals surface area contributed by atoms with E-state index in [2.05, 4.69) is 0 Å². The fourth-order valence-electron chi connectivity index (χ4n) is 1.63. The molecule has 0 aliphatic rings. The average Bonchev–Trinajstić information content (AvgIpc) is 2.42. The second kappa shape index (κ2) is 5.85. The molecule has 0 radical (unpaired) electrons. The van der Waals surface area contributed by atoms with Crippen molar-refractivity contribution < 1.29 is 19.0 Å². The molecule has 100 valence electrons. The van der Waals surface area contributed by atoms with Gasteiger partial charge < -0.3 is 9.84 Å². The van der Waals surface area contributed by atoms with Gasteiger partial charge in [0.05, 0.1) is 18.1 Å². The van der Waals surface area contributed by atoms with Gasteiger partial charge in [0.25, 0.3) is 0 Å². The fraction of sp³-hybridized carbons (Fsp3) is 0.0667. The normalized spacial score (nSPS) is 9.80. The molecule has 0 spiro atoms. The number of rotatable bonds is 4. The van der Waals surface area contributed by atoms with Crippen LogP contribution in [0.4, 0.5) is 4.39 Å². The number of carboxylic acids is 1. The summed E-state index contributed by atoms with van der Waals surface area (Å²) in [5.41, 5.74) is 0.844. The summed E-state index contributed by atoms with van der Waals surface area (Å²) in [5.74, 6) is -1.15. The van der Waals surface area contributed by atoms with Crippen LogP contribution < -0.4 is 4.74 Å². The van der Waals surface area contributed by atoms with Crippen molar-refractivity contribution in [2.24, 2.45) is 0 Å². The molecule has 0 bridgehead atoms. The van der Waals surface area contributed by atoms with E-state index in [-0.39, 0.29) is 17.7 Å². The molecule has 0 fully saturated rings. The van der Waals surface area contributed by atoms with Crippen molar-refractivity contribution in [2.45, 2.75) is 6.42 Å². The summed E-state index contributed by atoms with van der Waals surface area (Å²) in [7, 11) is 0. The van der Waals surface area contributed by atoms with E-state index in [0.29, 0.717) is 11.3 Å². The van der Waals surface area contributed by atoms with Gasteiger partial charge in [-0.3, -0.25) is 4.79 Å². The minimum absolute atomic E-state index is 0.00924. The predicted molar refractivity (Wildman–Crippen MR) is 69.0 cm³/mol. The number of ether oxygens (including phenoxy) is 1. The number of nitrogens with zero attached hydrogens (tertiary/aromatic N) is 1. The predicted octanol–water partition coefficient (Wildman–Crippen LogP) is 3.12. The van der Waals surface area contributed by atoms with Crippen molar-refractivity contribution in [3.63, 3.8) is 0 Å². The summed E-state index contributed by atoms with van der Waals surface area (Å²) < 4.78 is 19.0. The molecule has 2 aromatic carbocycles. The SMILES string of the molecule is N#Cc1ccc(Oc2ccc(CC(=O)O)cc2)c(F)c1. The maximum atomic E-state index is 13.6. The number of hydrogen-bond donors (Lipinski definition) is 1. The Morgan fingerprint density at radius 3 is 2.50 bits per heavy atom. The molecule has 0 aromatic heterocycles. The van der Waals surface area contributed by atoms with E-state index >= 15 is 0 Å². The summed E-state index contributed by atoms with van der Waals surface area (Å²) in [6.07, 6.45) is -0.0779. The molecule has 0 heterocycles. The number of aliphatic carboxylic acids is 1. The summed E-state index contributed by atoms with van der Waals surface area (Å²) >= 11 is 0. The molecular formula is C15H10FNO3. The van der Waals surface area contributed by atoms with Gasteiger partial charge in [0.2, 0.25) is 0 Å². The Morgan fingerprint density at radius 1 is 1.25 bits per heavy atom. The average molecular weight is 271 g/mol. The molecule has 0 atom stereocenters. The van der Waals surface area contributed by atoms with E-state index in [1.54, 1.807) is 24.3 Å². The Labute approximate surface area is 114 Å². The Hall–Kier alpha value is -2.87. The molecule has 0 saturated carbocycles. The highest BCUT2D eigenvalue weighted by Crippen LogP contribution is 2.25. The first-order valence-corrected chi connectivity index (χ1v) is 5.77. The van der Waals surface area contributed by atoms with Gasteiger partial charge in [0.15, 0.2) is 11.6 Å². The zero-order valence-corrected chi connectivity index (χ0v) is 10.3. The molecule has 2 rings (SSSR count). The van der Waals surface area contributed by atoms with Crippen LogP contribution in [0.25, 0.3) is 0 Å². The van der Waals surface area contributed by atoms with Gasteiger partial charge in [-0.25, -0.2) is 4.39 Å². The van der Waals surface area contributed by atoms with Gasteiger partial charge in [0, 0.05) is 0 Å². The van der Waals surface area contributed by atoms with Crippen LogP contribution in [0.3, 0.4) is 0 Å². The Bertz CT molecular complexity index is 675. The maximum Gasteiger partial charge on any atom is 0.307 e. The number of halogens is 1. The Kier molecular flexibility index (Phi) is 3.96. The lowest BCUT2D eigenvalue weighted by molar-refractivity contribution is -0.136. The summed E-state index contributed by atoms with van der Waals surface area (Å²) in [4.78, 5) is 10.5. The molecule has 0 aliphatic carbocycles. The Balaban J connectivity index is 2.14. The van der Waals surface area contributed by atoms with E-state index in [1.165, 1.54) is 12.1 Å². The summed E-state index contributed by atoms with van der Waals surface area (Å²) in [6, 6.07) is 12.1. The molecule has 0 unspecified atom stereocenters. The first-order valence-electron chi connectivity index (χ1n) is 5.77. The number of nitriles is 1. The molecular weight excluding hydrogens is 261 g/mol. The monoisotopic (exact) mass is 271 g/mol. The summed E-state index contributed by atoms with van der Waals surface area (Å²) in [5, 5.41) is 17.3. The second-order valence-electron chi connectivity index (χ2n) is 4.07. The second-order valence-corrected chi connectivity index (χ2v) is 4.07. The molecule has 4 nitrogen and oxygen atoms in total. The van der Waals surface area contributed by atoms with E-state index in [1.807, 2.05) is 6.07 Å². The van der Waals surface area contributed by atoms with Gasteiger partial charge >= 0.3 is 5.97 Å². The van der Waals surface area contributed by atoms with Gasteiger partial charge in [-0.1, -0.05) is 12.1 Å². The van der Waals surface area contributed by atoms with Gasteiger partial charge in [-0.15, -0.1) is 0 Å². The van der Waals surface area contributed by atoms with Crippen LogP contribution in [0.2, 0.25) is 0 Å². The zero-order valence-electron chi connectivity index (χ0n) is 10.3.